The summed E-state index contributed by atoms with van der Waals surface area (Å²) >= 11 is 5.97. The first-order valence-corrected chi connectivity index (χ1v) is 7.21. The molecule has 2 rings (SSSR count). The van der Waals surface area contributed by atoms with Crippen molar-refractivity contribution in [3.05, 3.63) is 32.8 Å². The quantitative estimate of drug-likeness (QED) is 0.683. The van der Waals surface area contributed by atoms with Crippen LogP contribution in [0.1, 0.15) is 25.8 Å². The molecule has 1 aromatic rings. The Morgan fingerprint density at radius 3 is 2.75 bits per heavy atom. The van der Waals surface area contributed by atoms with Crippen LogP contribution >= 0.6 is 11.6 Å². The smallest absolute Gasteiger partial charge is 0.288 e. The van der Waals surface area contributed by atoms with Crippen molar-refractivity contribution >= 4 is 23.0 Å². The zero-order chi connectivity index (χ0) is 14.9. The molecule has 0 amide bonds. The molecule has 0 aromatic heterocycles. The lowest BCUT2D eigenvalue weighted by Gasteiger charge is -2.21. The van der Waals surface area contributed by atoms with E-state index in [2.05, 4.69) is 24.1 Å². The summed E-state index contributed by atoms with van der Waals surface area (Å²) in [5.74, 6) is 0. The Labute approximate surface area is 124 Å². The number of nitrogens with one attached hydrogen (secondary N) is 1. The number of rotatable bonds is 4. The molecule has 0 saturated carbocycles. The topological polar surface area (TPSA) is 58.4 Å². The Balaban J connectivity index is 2.11. The highest BCUT2D eigenvalue weighted by atomic mass is 35.5. The Morgan fingerprint density at radius 2 is 2.20 bits per heavy atom. The van der Waals surface area contributed by atoms with Crippen molar-refractivity contribution < 1.29 is 4.92 Å². The van der Waals surface area contributed by atoms with Crippen LogP contribution < -0.4 is 5.32 Å². The number of likely N-dealkylation sites (tertiary alicyclic amines) is 1. The van der Waals surface area contributed by atoms with Gasteiger partial charge >= 0.3 is 0 Å². The van der Waals surface area contributed by atoms with Gasteiger partial charge in [0.1, 0.15) is 5.02 Å². The van der Waals surface area contributed by atoms with E-state index in [1.807, 2.05) is 6.92 Å². The van der Waals surface area contributed by atoms with E-state index in [9.17, 15) is 10.1 Å². The van der Waals surface area contributed by atoms with Gasteiger partial charge in [-0.15, -0.1) is 0 Å². The molecule has 0 radical (unpaired) electrons. The fraction of sp³-hybridized carbons (Fsp3) is 0.571. The zero-order valence-corrected chi connectivity index (χ0v) is 12.8. The molecule has 1 atom stereocenters. The molecule has 1 fully saturated rings. The number of benzene rings is 1. The van der Waals surface area contributed by atoms with Gasteiger partial charge in [-0.25, -0.2) is 0 Å². The van der Waals surface area contributed by atoms with Gasteiger partial charge in [0.25, 0.3) is 5.69 Å². The molecule has 1 unspecified atom stereocenters. The van der Waals surface area contributed by atoms with Gasteiger partial charge in [-0.3, -0.25) is 15.0 Å². The van der Waals surface area contributed by atoms with E-state index >= 15 is 0 Å². The summed E-state index contributed by atoms with van der Waals surface area (Å²) in [5, 5.41) is 14.5. The van der Waals surface area contributed by atoms with Crippen molar-refractivity contribution in [1.29, 1.82) is 0 Å². The summed E-state index contributed by atoms with van der Waals surface area (Å²) in [4.78, 5) is 12.8. The van der Waals surface area contributed by atoms with E-state index in [1.165, 1.54) is 6.07 Å². The fourth-order valence-corrected chi connectivity index (χ4v) is 2.79. The summed E-state index contributed by atoms with van der Waals surface area (Å²) in [6.07, 6.45) is 1.08. The maximum Gasteiger partial charge on any atom is 0.288 e. The maximum atomic E-state index is 10.8. The number of nitrogens with zero attached hydrogens (tertiary/aromatic N) is 2. The molecule has 1 heterocycles. The maximum absolute atomic E-state index is 10.8. The van der Waals surface area contributed by atoms with Gasteiger partial charge in [-0.2, -0.15) is 0 Å². The summed E-state index contributed by atoms with van der Waals surface area (Å²) in [5.41, 5.74) is 1.70. The van der Waals surface area contributed by atoms with Crippen LogP contribution in [0.3, 0.4) is 0 Å². The van der Waals surface area contributed by atoms with E-state index < -0.39 is 4.92 Å². The average Bonchev–Trinajstić information content (AvgIpc) is 2.81. The number of hydrogen-bond donors (Lipinski definition) is 1. The highest BCUT2D eigenvalue weighted by molar-refractivity contribution is 6.33. The first kappa shape index (κ1) is 15.1. The van der Waals surface area contributed by atoms with Crippen LogP contribution in [0.4, 0.5) is 11.4 Å². The minimum absolute atomic E-state index is 0.0371. The minimum Gasteiger partial charge on any atom is -0.381 e. The van der Waals surface area contributed by atoms with E-state index in [0.717, 1.165) is 30.8 Å². The van der Waals surface area contributed by atoms with Crippen molar-refractivity contribution in [3.63, 3.8) is 0 Å². The summed E-state index contributed by atoms with van der Waals surface area (Å²) in [6.45, 7) is 8.31. The zero-order valence-electron chi connectivity index (χ0n) is 12.0. The van der Waals surface area contributed by atoms with E-state index in [1.54, 1.807) is 6.07 Å². The SMILES string of the molecule is Cc1cc([N+](=O)[O-])c(Cl)cc1NC1CCN(C(C)C)C1. The first-order chi connectivity index (χ1) is 9.38. The molecule has 110 valence electrons. The fourth-order valence-electron chi connectivity index (χ4n) is 2.56. The second-order valence-corrected chi connectivity index (χ2v) is 6.00. The molecule has 0 aliphatic carbocycles. The molecule has 5 nitrogen and oxygen atoms in total. The second-order valence-electron chi connectivity index (χ2n) is 5.59. The third kappa shape index (κ3) is 3.22. The molecule has 0 spiro atoms. The van der Waals surface area contributed by atoms with Gasteiger partial charge in [-0.05, 0) is 38.8 Å². The predicted molar refractivity (Wildman–Crippen MR) is 81.6 cm³/mol. The number of aryl methyl sites for hydroxylation is 1. The van der Waals surface area contributed by atoms with Gasteiger partial charge in [0.15, 0.2) is 0 Å². The Morgan fingerprint density at radius 1 is 1.50 bits per heavy atom. The standard InChI is InChI=1S/C14H20ClN3O2/c1-9(2)17-5-4-11(8-17)16-13-7-12(15)14(18(19)20)6-10(13)3/h6-7,9,11,16H,4-5,8H2,1-3H3. The number of nitro benzene ring substituents is 1. The minimum atomic E-state index is -0.449. The third-order valence-electron chi connectivity index (χ3n) is 3.80. The number of halogens is 1. The monoisotopic (exact) mass is 297 g/mol. The van der Waals surface area contributed by atoms with Crippen LogP contribution in [0, 0.1) is 17.0 Å². The van der Waals surface area contributed by atoms with Gasteiger partial charge in [0.2, 0.25) is 0 Å². The largest absolute Gasteiger partial charge is 0.381 e. The average molecular weight is 298 g/mol. The van der Waals surface area contributed by atoms with E-state index in [0.29, 0.717) is 12.1 Å². The van der Waals surface area contributed by atoms with Crippen LogP contribution in [-0.2, 0) is 0 Å². The molecule has 0 bridgehead atoms. The molecule has 1 aromatic carbocycles. The molecular formula is C14H20ClN3O2. The number of nitro groups is 1. The van der Waals surface area contributed by atoms with Gasteiger partial charge < -0.3 is 5.32 Å². The first-order valence-electron chi connectivity index (χ1n) is 6.83. The molecule has 1 N–H and O–H groups in total. The molecule has 6 heteroatoms. The van der Waals surface area contributed by atoms with Crippen LogP contribution in [0.15, 0.2) is 12.1 Å². The Bertz CT molecular complexity index is 519. The van der Waals surface area contributed by atoms with Crippen molar-refractivity contribution in [2.75, 3.05) is 18.4 Å². The molecule has 1 aliphatic rings. The summed E-state index contributed by atoms with van der Waals surface area (Å²) in [6, 6.07) is 4.10. The normalized spacial score (nSPS) is 19.6. The Kier molecular flexibility index (Phi) is 4.50. The molecule has 20 heavy (non-hydrogen) atoms. The second kappa shape index (κ2) is 5.97. The lowest BCUT2D eigenvalue weighted by Crippen LogP contribution is -2.31. The number of hydrogen-bond acceptors (Lipinski definition) is 4. The highest BCUT2D eigenvalue weighted by Crippen LogP contribution is 2.31. The number of anilines is 1. The van der Waals surface area contributed by atoms with Crippen LogP contribution in [0.25, 0.3) is 0 Å². The lowest BCUT2D eigenvalue weighted by molar-refractivity contribution is -0.384. The van der Waals surface area contributed by atoms with Crippen LogP contribution in [0.2, 0.25) is 5.02 Å². The van der Waals surface area contributed by atoms with Crippen molar-refractivity contribution in [3.8, 4) is 0 Å². The summed E-state index contributed by atoms with van der Waals surface area (Å²) in [7, 11) is 0. The van der Waals surface area contributed by atoms with Crippen molar-refractivity contribution in [2.45, 2.75) is 39.3 Å². The van der Waals surface area contributed by atoms with E-state index in [4.69, 9.17) is 11.6 Å². The van der Waals surface area contributed by atoms with Gasteiger partial charge in [-0.1, -0.05) is 11.6 Å². The van der Waals surface area contributed by atoms with Gasteiger partial charge in [0.05, 0.1) is 4.92 Å². The van der Waals surface area contributed by atoms with Gasteiger partial charge in [0, 0.05) is 36.9 Å². The van der Waals surface area contributed by atoms with Crippen LogP contribution in [0.5, 0.6) is 0 Å². The Hall–Kier alpha value is -1.33. The summed E-state index contributed by atoms with van der Waals surface area (Å²) < 4.78 is 0. The third-order valence-corrected chi connectivity index (χ3v) is 4.10. The lowest BCUT2D eigenvalue weighted by atomic mass is 10.1. The van der Waals surface area contributed by atoms with Crippen molar-refractivity contribution in [1.82, 2.24) is 4.90 Å². The molecular weight excluding hydrogens is 278 g/mol. The van der Waals surface area contributed by atoms with E-state index in [-0.39, 0.29) is 10.7 Å². The predicted octanol–water partition coefficient (Wildman–Crippen LogP) is 3.45. The van der Waals surface area contributed by atoms with Crippen LogP contribution in [-0.4, -0.2) is 35.0 Å². The molecule has 1 saturated heterocycles. The molecule has 1 aliphatic heterocycles. The highest BCUT2D eigenvalue weighted by Gasteiger charge is 2.25. The van der Waals surface area contributed by atoms with Crippen molar-refractivity contribution in [2.24, 2.45) is 0 Å².